The van der Waals surface area contributed by atoms with E-state index >= 15 is 0 Å². The SMILES string of the molecule is N#Cc1cnccc1-c1cc[c]cn1. The van der Waals surface area contributed by atoms with E-state index in [-0.39, 0.29) is 0 Å². The second-order valence-electron chi connectivity index (χ2n) is 2.68. The molecular formula is C11H6N3. The molecule has 0 aliphatic carbocycles. The van der Waals surface area contributed by atoms with Crippen molar-refractivity contribution in [2.24, 2.45) is 0 Å². The molecule has 0 aliphatic rings. The lowest BCUT2D eigenvalue weighted by Crippen LogP contribution is -1.87. The minimum absolute atomic E-state index is 0.534. The van der Waals surface area contributed by atoms with Crippen LogP contribution in [0.4, 0.5) is 0 Å². The average Bonchev–Trinajstić information content (AvgIpc) is 2.30. The van der Waals surface area contributed by atoms with Crippen LogP contribution in [0.1, 0.15) is 5.56 Å². The minimum atomic E-state index is 0.534. The maximum absolute atomic E-state index is 8.85. The van der Waals surface area contributed by atoms with E-state index in [9.17, 15) is 0 Å². The molecule has 0 saturated heterocycles. The lowest BCUT2D eigenvalue weighted by molar-refractivity contribution is 1.27. The van der Waals surface area contributed by atoms with Crippen molar-refractivity contribution in [1.29, 1.82) is 5.26 Å². The third-order valence-corrected chi connectivity index (χ3v) is 1.83. The fourth-order valence-electron chi connectivity index (χ4n) is 1.19. The molecule has 0 aromatic carbocycles. The van der Waals surface area contributed by atoms with Crippen LogP contribution < -0.4 is 0 Å². The van der Waals surface area contributed by atoms with Crippen molar-refractivity contribution in [3.05, 3.63) is 48.4 Å². The number of hydrogen-bond acceptors (Lipinski definition) is 3. The largest absolute Gasteiger partial charge is 0.263 e. The van der Waals surface area contributed by atoms with E-state index in [1.807, 2.05) is 6.07 Å². The molecule has 2 heterocycles. The molecule has 1 radical (unpaired) electrons. The summed E-state index contributed by atoms with van der Waals surface area (Å²) in [7, 11) is 0. The summed E-state index contributed by atoms with van der Waals surface area (Å²) in [5.74, 6) is 0. The third kappa shape index (κ3) is 1.46. The summed E-state index contributed by atoms with van der Waals surface area (Å²) in [5.41, 5.74) is 2.10. The smallest absolute Gasteiger partial charge is 0.101 e. The summed E-state index contributed by atoms with van der Waals surface area (Å²) < 4.78 is 0. The highest BCUT2D eigenvalue weighted by Crippen LogP contribution is 2.18. The zero-order chi connectivity index (χ0) is 9.80. The molecule has 0 N–H and O–H groups in total. The van der Waals surface area contributed by atoms with Gasteiger partial charge in [-0.3, -0.25) is 9.97 Å². The van der Waals surface area contributed by atoms with Crippen LogP contribution in [0.2, 0.25) is 0 Å². The van der Waals surface area contributed by atoms with Gasteiger partial charge in [0.15, 0.2) is 0 Å². The fourth-order valence-corrected chi connectivity index (χ4v) is 1.19. The number of pyridine rings is 2. The van der Waals surface area contributed by atoms with Crippen molar-refractivity contribution in [1.82, 2.24) is 9.97 Å². The summed E-state index contributed by atoms with van der Waals surface area (Å²) in [6, 6.07) is 10.3. The molecule has 0 unspecified atom stereocenters. The molecule has 65 valence electrons. The van der Waals surface area contributed by atoms with Crippen molar-refractivity contribution in [2.45, 2.75) is 0 Å². The van der Waals surface area contributed by atoms with E-state index in [4.69, 9.17) is 5.26 Å². The van der Waals surface area contributed by atoms with Gasteiger partial charge < -0.3 is 0 Å². The predicted molar refractivity (Wildman–Crippen MR) is 51.0 cm³/mol. The highest BCUT2D eigenvalue weighted by atomic mass is 14.7. The van der Waals surface area contributed by atoms with Gasteiger partial charge in [-0.2, -0.15) is 5.26 Å². The number of hydrogen-bond donors (Lipinski definition) is 0. The zero-order valence-electron chi connectivity index (χ0n) is 7.31. The molecule has 3 heteroatoms. The van der Waals surface area contributed by atoms with Gasteiger partial charge in [-0.1, -0.05) is 6.07 Å². The van der Waals surface area contributed by atoms with Gasteiger partial charge in [-0.25, -0.2) is 0 Å². The first kappa shape index (κ1) is 8.39. The molecule has 2 rings (SSSR count). The molecule has 0 spiro atoms. The van der Waals surface area contributed by atoms with Gasteiger partial charge in [0.25, 0.3) is 0 Å². The van der Waals surface area contributed by atoms with E-state index in [2.05, 4.69) is 22.1 Å². The Labute approximate surface area is 81.7 Å². The Balaban J connectivity index is 2.58. The second-order valence-corrected chi connectivity index (χ2v) is 2.68. The van der Waals surface area contributed by atoms with Crippen LogP contribution in [0.5, 0.6) is 0 Å². The topological polar surface area (TPSA) is 49.6 Å². The van der Waals surface area contributed by atoms with E-state index in [0.29, 0.717) is 5.56 Å². The third-order valence-electron chi connectivity index (χ3n) is 1.83. The van der Waals surface area contributed by atoms with Crippen molar-refractivity contribution >= 4 is 0 Å². The Morgan fingerprint density at radius 2 is 2.29 bits per heavy atom. The van der Waals surface area contributed by atoms with Crippen LogP contribution >= 0.6 is 0 Å². The lowest BCUT2D eigenvalue weighted by atomic mass is 10.1. The molecular weight excluding hydrogens is 174 g/mol. The maximum atomic E-state index is 8.85. The van der Waals surface area contributed by atoms with Crippen LogP contribution in [0.15, 0.2) is 36.8 Å². The molecule has 3 nitrogen and oxygen atoms in total. The Hall–Kier alpha value is -2.21. The van der Waals surface area contributed by atoms with Crippen LogP contribution in [-0.2, 0) is 0 Å². The first-order valence-corrected chi connectivity index (χ1v) is 4.08. The summed E-state index contributed by atoms with van der Waals surface area (Å²) in [4.78, 5) is 8.01. The molecule has 0 aliphatic heterocycles. The van der Waals surface area contributed by atoms with E-state index in [1.54, 1.807) is 24.5 Å². The summed E-state index contributed by atoms with van der Waals surface area (Å²) in [6.45, 7) is 0. The monoisotopic (exact) mass is 180 g/mol. The lowest BCUT2D eigenvalue weighted by Gasteiger charge is -2.00. The normalized spacial score (nSPS) is 9.36. The predicted octanol–water partition coefficient (Wildman–Crippen LogP) is 1.82. The van der Waals surface area contributed by atoms with Crippen LogP contribution in [0.25, 0.3) is 11.3 Å². The minimum Gasteiger partial charge on any atom is -0.263 e. The zero-order valence-corrected chi connectivity index (χ0v) is 7.31. The van der Waals surface area contributed by atoms with Crippen LogP contribution in [0.3, 0.4) is 0 Å². The highest BCUT2D eigenvalue weighted by molar-refractivity contribution is 5.65. The Morgan fingerprint density at radius 3 is 3.00 bits per heavy atom. The molecule has 0 fully saturated rings. The van der Waals surface area contributed by atoms with Gasteiger partial charge >= 0.3 is 0 Å². The summed E-state index contributed by atoms with van der Waals surface area (Å²) in [5, 5.41) is 8.85. The molecule has 2 aromatic rings. The summed E-state index contributed by atoms with van der Waals surface area (Å²) >= 11 is 0. The molecule has 0 amide bonds. The number of nitriles is 1. The second kappa shape index (κ2) is 3.67. The molecule has 0 saturated carbocycles. The first-order chi connectivity index (χ1) is 6.92. The number of aromatic nitrogens is 2. The van der Waals surface area contributed by atoms with Gasteiger partial charge in [-0.05, 0) is 12.1 Å². The standard InChI is InChI=1S/C11H6N3/c12-7-9-8-13-6-4-10(9)11-3-1-2-5-14-11/h1,3-6,8H. The van der Waals surface area contributed by atoms with Gasteiger partial charge in [0.2, 0.25) is 0 Å². The maximum Gasteiger partial charge on any atom is 0.101 e. The van der Waals surface area contributed by atoms with Gasteiger partial charge in [0.1, 0.15) is 6.07 Å². The van der Waals surface area contributed by atoms with Crippen LogP contribution in [-0.4, -0.2) is 9.97 Å². The highest BCUT2D eigenvalue weighted by Gasteiger charge is 2.03. The first-order valence-electron chi connectivity index (χ1n) is 4.08. The number of nitrogens with zero attached hydrogens (tertiary/aromatic N) is 3. The van der Waals surface area contributed by atoms with E-state index in [1.165, 1.54) is 6.20 Å². The molecule has 2 aromatic heterocycles. The van der Waals surface area contributed by atoms with E-state index < -0.39 is 0 Å². The van der Waals surface area contributed by atoms with Crippen molar-refractivity contribution in [3.63, 3.8) is 0 Å². The molecule has 0 atom stereocenters. The van der Waals surface area contributed by atoms with Gasteiger partial charge in [0.05, 0.1) is 11.3 Å². The van der Waals surface area contributed by atoms with E-state index in [0.717, 1.165) is 11.3 Å². The van der Waals surface area contributed by atoms with Crippen molar-refractivity contribution in [3.8, 4) is 17.3 Å². The Kier molecular flexibility index (Phi) is 2.20. The Morgan fingerprint density at radius 1 is 1.36 bits per heavy atom. The summed E-state index contributed by atoms with van der Waals surface area (Å²) in [6.07, 6.45) is 4.76. The molecule has 0 bridgehead atoms. The van der Waals surface area contributed by atoms with Gasteiger partial charge in [0, 0.05) is 30.2 Å². The van der Waals surface area contributed by atoms with Crippen molar-refractivity contribution in [2.75, 3.05) is 0 Å². The van der Waals surface area contributed by atoms with Gasteiger partial charge in [-0.15, -0.1) is 0 Å². The average molecular weight is 180 g/mol. The Bertz CT molecular complexity index is 471. The molecule has 14 heavy (non-hydrogen) atoms. The van der Waals surface area contributed by atoms with Crippen molar-refractivity contribution < 1.29 is 0 Å². The van der Waals surface area contributed by atoms with Crippen LogP contribution in [0, 0.1) is 17.4 Å². The quantitative estimate of drug-likeness (QED) is 0.672. The fraction of sp³-hybridized carbons (Fsp3) is 0. The number of rotatable bonds is 1.